The second kappa shape index (κ2) is 8.45. The molecule has 0 aliphatic heterocycles. The summed E-state index contributed by atoms with van der Waals surface area (Å²) in [4.78, 5) is 35.0. The molecule has 1 aromatic heterocycles. The van der Waals surface area contributed by atoms with Crippen LogP contribution in [0.5, 0.6) is 5.75 Å². The summed E-state index contributed by atoms with van der Waals surface area (Å²) in [5.41, 5.74) is 2.28. The van der Waals surface area contributed by atoms with Crippen LogP contribution >= 0.6 is 22.9 Å². The summed E-state index contributed by atoms with van der Waals surface area (Å²) in [5.74, 6) is -1.39. The number of nitrogens with zero attached hydrogens (tertiary/aromatic N) is 2. The molecule has 0 bridgehead atoms. The number of ether oxygens (including phenoxy) is 1. The summed E-state index contributed by atoms with van der Waals surface area (Å²) in [6.07, 6.45) is 1.19. The molecule has 25 heavy (non-hydrogen) atoms. The Kier molecular flexibility index (Phi) is 6.31. The summed E-state index contributed by atoms with van der Waals surface area (Å²) < 4.78 is 5.82. The lowest BCUT2D eigenvalue weighted by atomic mass is 10.2. The highest BCUT2D eigenvalue weighted by Crippen LogP contribution is 2.17. The van der Waals surface area contributed by atoms with E-state index in [1.54, 1.807) is 19.1 Å². The number of hydrogen-bond donors (Lipinski definition) is 2. The molecule has 1 aromatic carbocycles. The first-order valence-electron chi connectivity index (χ1n) is 7.10. The number of hydrogen-bond acceptors (Lipinski definition) is 7. The Morgan fingerprint density at radius 1 is 1.44 bits per heavy atom. The number of carbonyl (C=O) groups excluding carboxylic acids is 2. The fourth-order valence-electron chi connectivity index (χ4n) is 1.83. The average Bonchev–Trinajstić information content (AvgIpc) is 2.83. The molecule has 8 nitrogen and oxygen atoms in total. The van der Waals surface area contributed by atoms with Crippen molar-refractivity contribution in [3.8, 4) is 5.75 Å². The first-order chi connectivity index (χ1) is 11.9. The van der Waals surface area contributed by atoms with Gasteiger partial charge in [0.15, 0.2) is 0 Å². The molecule has 0 saturated heterocycles. The number of amides is 1. The molecule has 0 spiro atoms. The number of aromatic nitrogens is 1. The number of hydrazone groups is 1. The number of esters is 1. The van der Waals surface area contributed by atoms with E-state index in [1.807, 2.05) is 0 Å². The Hall–Kier alpha value is -2.65. The number of rotatable bonds is 6. The maximum Gasteiger partial charge on any atom is 0.326 e. The predicted octanol–water partition coefficient (Wildman–Crippen LogP) is 1.60. The van der Waals surface area contributed by atoms with E-state index in [4.69, 9.17) is 16.3 Å². The lowest BCUT2D eigenvalue weighted by Crippen LogP contribution is -2.21. The van der Waals surface area contributed by atoms with E-state index in [0.717, 1.165) is 15.9 Å². The molecule has 0 aliphatic carbocycles. The number of halogens is 1. The second-order valence-corrected chi connectivity index (χ2v) is 5.98. The maximum atomic E-state index is 11.9. The molecule has 1 heterocycles. The summed E-state index contributed by atoms with van der Waals surface area (Å²) in [6, 6.07) is 5.98. The Balaban J connectivity index is 2.09. The molecule has 10 heteroatoms. The van der Waals surface area contributed by atoms with Crippen molar-refractivity contribution in [2.75, 3.05) is 6.61 Å². The zero-order chi connectivity index (χ0) is 18.4. The van der Waals surface area contributed by atoms with E-state index in [-0.39, 0.29) is 34.5 Å². The van der Waals surface area contributed by atoms with E-state index in [0.29, 0.717) is 0 Å². The fraction of sp³-hybridized carbons (Fsp3) is 0.200. The molecule has 0 radical (unpaired) electrons. The minimum atomic E-state index is -0.622. The van der Waals surface area contributed by atoms with Gasteiger partial charge in [-0.3, -0.25) is 19.0 Å². The van der Waals surface area contributed by atoms with Crippen molar-refractivity contribution in [1.29, 1.82) is 0 Å². The predicted molar refractivity (Wildman–Crippen MR) is 93.4 cm³/mol. The van der Waals surface area contributed by atoms with Crippen LogP contribution < -0.4 is 10.3 Å². The fourth-order valence-corrected chi connectivity index (χ4v) is 2.93. The van der Waals surface area contributed by atoms with Gasteiger partial charge in [0.05, 0.1) is 23.3 Å². The summed E-state index contributed by atoms with van der Waals surface area (Å²) >= 11 is 6.82. The largest absolute Gasteiger partial charge is 0.507 e. The number of para-hydroxylation sites is 1. The minimum Gasteiger partial charge on any atom is -0.507 e. The number of aromatic hydroxyl groups is 1. The Morgan fingerprint density at radius 3 is 2.84 bits per heavy atom. The molecule has 2 N–H and O–H groups in total. The van der Waals surface area contributed by atoms with Crippen molar-refractivity contribution in [2.24, 2.45) is 5.10 Å². The summed E-state index contributed by atoms with van der Waals surface area (Å²) in [5, 5.41) is 13.3. The molecule has 1 amide bonds. The summed E-state index contributed by atoms with van der Waals surface area (Å²) in [6.45, 7) is 1.54. The van der Waals surface area contributed by atoms with Crippen LogP contribution in [-0.2, 0) is 16.1 Å². The molecule has 0 aliphatic rings. The van der Waals surface area contributed by atoms with Gasteiger partial charge in [-0.2, -0.15) is 5.10 Å². The number of carbonyl (C=O) groups is 2. The molecular weight excluding hydrogens is 370 g/mol. The zero-order valence-corrected chi connectivity index (χ0v) is 14.6. The lowest BCUT2D eigenvalue weighted by molar-refractivity contribution is -0.143. The van der Waals surface area contributed by atoms with Gasteiger partial charge in [-0.1, -0.05) is 35.1 Å². The van der Waals surface area contributed by atoms with Gasteiger partial charge in [0.2, 0.25) is 0 Å². The number of phenolic OH excluding ortho intramolecular Hbond substituents is 1. The summed E-state index contributed by atoms with van der Waals surface area (Å²) in [7, 11) is 0. The Morgan fingerprint density at radius 2 is 2.16 bits per heavy atom. The van der Waals surface area contributed by atoms with Crippen molar-refractivity contribution in [1.82, 2.24) is 9.99 Å². The number of nitrogens with one attached hydrogen (secondary N) is 1. The molecule has 2 aromatic rings. The van der Waals surface area contributed by atoms with Crippen LogP contribution in [0.3, 0.4) is 0 Å². The van der Waals surface area contributed by atoms with E-state index < -0.39 is 16.7 Å². The first-order valence-corrected chi connectivity index (χ1v) is 8.29. The van der Waals surface area contributed by atoms with Gasteiger partial charge in [0.1, 0.15) is 17.4 Å². The van der Waals surface area contributed by atoms with Crippen LogP contribution in [0.4, 0.5) is 0 Å². The third-order valence-electron chi connectivity index (χ3n) is 2.95. The Bertz CT molecular complexity index is 874. The SMILES string of the molecule is CCOC(=O)Cn1c(Cl)c(C=NNC(=O)c2ccccc2O)sc1=O. The number of benzene rings is 1. The van der Waals surface area contributed by atoms with Crippen molar-refractivity contribution in [2.45, 2.75) is 13.5 Å². The molecular formula is C15H14ClN3O5S. The highest BCUT2D eigenvalue weighted by Gasteiger charge is 2.15. The smallest absolute Gasteiger partial charge is 0.326 e. The van der Waals surface area contributed by atoms with Crippen LogP contribution in [0.2, 0.25) is 5.15 Å². The van der Waals surface area contributed by atoms with Gasteiger partial charge in [-0.15, -0.1) is 0 Å². The highest BCUT2D eigenvalue weighted by molar-refractivity contribution is 7.11. The van der Waals surface area contributed by atoms with Crippen molar-refractivity contribution in [3.05, 3.63) is 49.5 Å². The van der Waals surface area contributed by atoms with Crippen LogP contribution in [0.25, 0.3) is 0 Å². The van der Waals surface area contributed by atoms with Gasteiger partial charge in [-0.25, -0.2) is 5.43 Å². The van der Waals surface area contributed by atoms with Crippen molar-refractivity contribution in [3.63, 3.8) is 0 Å². The third kappa shape index (κ3) is 4.68. The van der Waals surface area contributed by atoms with Gasteiger partial charge in [0, 0.05) is 0 Å². The molecule has 0 unspecified atom stereocenters. The van der Waals surface area contributed by atoms with Crippen LogP contribution in [-0.4, -0.2) is 34.4 Å². The topological polar surface area (TPSA) is 110 Å². The maximum absolute atomic E-state index is 11.9. The average molecular weight is 384 g/mol. The van der Waals surface area contributed by atoms with Gasteiger partial charge < -0.3 is 9.84 Å². The van der Waals surface area contributed by atoms with Gasteiger partial charge >= 0.3 is 10.8 Å². The van der Waals surface area contributed by atoms with E-state index in [2.05, 4.69) is 10.5 Å². The highest BCUT2D eigenvalue weighted by atomic mass is 35.5. The molecule has 0 atom stereocenters. The standard InChI is InChI=1S/C15H14ClN3O5S/c1-2-24-12(21)8-19-13(16)11(25-15(19)23)7-17-18-14(22)9-5-3-4-6-10(9)20/h3-7,20H,2,8H2,1H3,(H,18,22). The third-order valence-corrected chi connectivity index (χ3v) is 4.38. The molecule has 0 fully saturated rings. The normalized spacial score (nSPS) is 10.8. The molecule has 132 valence electrons. The Labute approximate surface area is 151 Å². The lowest BCUT2D eigenvalue weighted by Gasteiger charge is -2.03. The van der Waals surface area contributed by atoms with Crippen LogP contribution in [0, 0.1) is 0 Å². The first kappa shape index (κ1) is 18.7. The zero-order valence-electron chi connectivity index (χ0n) is 13.1. The van der Waals surface area contributed by atoms with Crippen molar-refractivity contribution < 1.29 is 19.4 Å². The van der Waals surface area contributed by atoms with Gasteiger partial charge in [-0.05, 0) is 19.1 Å². The van der Waals surface area contributed by atoms with E-state index in [1.165, 1.54) is 18.3 Å². The number of thiazole rings is 1. The molecule has 2 rings (SSSR count). The monoisotopic (exact) mass is 383 g/mol. The van der Waals surface area contributed by atoms with Crippen LogP contribution in [0.1, 0.15) is 22.2 Å². The van der Waals surface area contributed by atoms with E-state index in [9.17, 15) is 19.5 Å². The van der Waals surface area contributed by atoms with Crippen LogP contribution in [0.15, 0.2) is 34.2 Å². The van der Waals surface area contributed by atoms with Crippen molar-refractivity contribution >= 4 is 41.0 Å². The number of phenols is 1. The quantitative estimate of drug-likeness (QED) is 0.447. The van der Waals surface area contributed by atoms with Gasteiger partial charge in [0.25, 0.3) is 5.91 Å². The molecule has 0 saturated carbocycles. The van der Waals surface area contributed by atoms with E-state index >= 15 is 0 Å². The second-order valence-electron chi connectivity index (χ2n) is 4.63. The minimum absolute atomic E-state index is 0.0172.